The van der Waals surface area contributed by atoms with Gasteiger partial charge >= 0.3 is 0 Å². The van der Waals surface area contributed by atoms with Crippen LogP contribution in [-0.4, -0.2) is 28.6 Å². The number of carbonyl (C=O) groups excluding carboxylic acids is 1. The maximum absolute atomic E-state index is 11.7. The first-order valence-corrected chi connectivity index (χ1v) is 8.12. The molecule has 1 aromatic carbocycles. The lowest BCUT2D eigenvalue weighted by Crippen LogP contribution is -2.27. The first kappa shape index (κ1) is 17.5. The molecule has 2 N–H and O–H groups in total. The van der Waals surface area contributed by atoms with E-state index in [2.05, 4.69) is 10.3 Å². The average molecular weight is 337 g/mol. The molecule has 0 saturated carbocycles. The van der Waals surface area contributed by atoms with Gasteiger partial charge in [0, 0.05) is 24.9 Å². The number of aliphatic hydroxyl groups is 1. The van der Waals surface area contributed by atoms with Crippen molar-refractivity contribution in [2.24, 2.45) is 0 Å². The van der Waals surface area contributed by atoms with Crippen LogP contribution in [0.2, 0.25) is 5.02 Å². The van der Waals surface area contributed by atoms with Crippen molar-refractivity contribution in [3.05, 3.63) is 41.4 Å². The molecule has 0 bridgehead atoms. The van der Waals surface area contributed by atoms with Crippen molar-refractivity contribution in [2.45, 2.75) is 38.7 Å². The lowest BCUT2D eigenvalue weighted by molar-refractivity contribution is -0.121. The van der Waals surface area contributed by atoms with Crippen LogP contribution in [-0.2, 0) is 11.2 Å². The van der Waals surface area contributed by atoms with Gasteiger partial charge in [0.05, 0.1) is 17.3 Å². The Morgan fingerprint density at radius 2 is 2.22 bits per heavy atom. The van der Waals surface area contributed by atoms with E-state index in [0.29, 0.717) is 48.9 Å². The van der Waals surface area contributed by atoms with Crippen LogP contribution >= 0.6 is 11.6 Å². The number of oxazole rings is 1. The minimum Gasteiger partial charge on any atom is -0.441 e. The topological polar surface area (TPSA) is 75.4 Å². The highest BCUT2D eigenvalue weighted by atomic mass is 35.5. The van der Waals surface area contributed by atoms with Crippen molar-refractivity contribution in [2.75, 3.05) is 6.54 Å². The summed E-state index contributed by atoms with van der Waals surface area (Å²) < 4.78 is 5.65. The molecule has 0 saturated heterocycles. The number of carbonyl (C=O) groups is 1. The van der Waals surface area contributed by atoms with Gasteiger partial charge in [-0.2, -0.15) is 0 Å². The summed E-state index contributed by atoms with van der Waals surface area (Å²) in [4.78, 5) is 15.9. The first-order valence-electron chi connectivity index (χ1n) is 7.74. The van der Waals surface area contributed by atoms with E-state index >= 15 is 0 Å². The SMILES string of the molecule is CCC(O)CCNC(=O)CCc1ncc(-c2ccccc2Cl)o1. The third kappa shape index (κ3) is 5.37. The molecule has 5 nitrogen and oxygen atoms in total. The number of aliphatic hydroxyl groups excluding tert-OH is 1. The second-order valence-electron chi connectivity index (χ2n) is 5.30. The summed E-state index contributed by atoms with van der Waals surface area (Å²) in [5.74, 6) is 1.02. The summed E-state index contributed by atoms with van der Waals surface area (Å²) in [6, 6.07) is 7.38. The summed E-state index contributed by atoms with van der Waals surface area (Å²) >= 11 is 6.12. The Kier molecular flexibility index (Phi) is 6.62. The molecular formula is C17H21ClN2O3. The van der Waals surface area contributed by atoms with Gasteiger partial charge in [-0.05, 0) is 25.0 Å². The summed E-state index contributed by atoms with van der Waals surface area (Å²) in [5, 5.41) is 12.8. The molecule has 6 heteroatoms. The third-order valence-electron chi connectivity index (χ3n) is 3.53. The fraction of sp³-hybridized carbons (Fsp3) is 0.412. The van der Waals surface area contributed by atoms with Crippen LogP contribution < -0.4 is 5.32 Å². The highest BCUT2D eigenvalue weighted by Crippen LogP contribution is 2.28. The predicted octanol–water partition coefficient (Wildman–Crippen LogP) is 3.20. The fourth-order valence-corrected chi connectivity index (χ4v) is 2.33. The van der Waals surface area contributed by atoms with E-state index in [-0.39, 0.29) is 12.0 Å². The molecule has 0 fully saturated rings. The summed E-state index contributed by atoms with van der Waals surface area (Å²) in [6.45, 7) is 2.38. The first-order chi connectivity index (χ1) is 11.1. The summed E-state index contributed by atoms with van der Waals surface area (Å²) in [6.07, 6.45) is 3.23. The summed E-state index contributed by atoms with van der Waals surface area (Å²) in [7, 11) is 0. The smallest absolute Gasteiger partial charge is 0.220 e. The molecule has 0 aliphatic heterocycles. The number of amides is 1. The van der Waals surface area contributed by atoms with E-state index in [1.54, 1.807) is 12.3 Å². The Morgan fingerprint density at radius 3 is 2.96 bits per heavy atom. The van der Waals surface area contributed by atoms with Crippen molar-refractivity contribution in [3.8, 4) is 11.3 Å². The van der Waals surface area contributed by atoms with E-state index in [1.807, 2.05) is 25.1 Å². The van der Waals surface area contributed by atoms with Gasteiger partial charge in [-0.15, -0.1) is 0 Å². The number of aryl methyl sites for hydroxylation is 1. The molecule has 2 aromatic rings. The normalized spacial score (nSPS) is 12.1. The van der Waals surface area contributed by atoms with Crippen molar-refractivity contribution in [1.29, 1.82) is 0 Å². The number of aromatic nitrogens is 1. The van der Waals surface area contributed by atoms with Crippen LogP contribution in [0.1, 0.15) is 32.1 Å². The molecule has 2 rings (SSSR count). The van der Waals surface area contributed by atoms with Crippen molar-refractivity contribution in [1.82, 2.24) is 10.3 Å². The van der Waals surface area contributed by atoms with Gasteiger partial charge in [0.1, 0.15) is 0 Å². The zero-order chi connectivity index (χ0) is 16.7. The van der Waals surface area contributed by atoms with Gasteiger partial charge in [0.2, 0.25) is 5.91 Å². The molecule has 1 heterocycles. The second-order valence-corrected chi connectivity index (χ2v) is 5.71. The fourth-order valence-electron chi connectivity index (χ4n) is 2.10. The van der Waals surface area contributed by atoms with E-state index in [9.17, 15) is 9.90 Å². The van der Waals surface area contributed by atoms with Gasteiger partial charge in [-0.25, -0.2) is 4.98 Å². The zero-order valence-electron chi connectivity index (χ0n) is 13.1. The van der Waals surface area contributed by atoms with Gasteiger partial charge in [-0.3, -0.25) is 4.79 Å². The molecule has 124 valence electrons. The molecule has 0 aliphatic rings. The van der Waals surface area contributed by atoms with Gasteiger partial charge < -0.3 is 14.8 Å². The lowest BCUT2D eigenvalue weighted by Gasteiger charge is -2.08. The van der Waals surface area contributed by atoms with Crippen molar-refractivity contribution in [3.63, 3.8) is 0 Å². The number of rotatable bonds is 8. The molecule has 0 radical (unpaired) electrons. The predicted molar refractivity (Wildman–Crippen MR) is 89.2 cm³/mol. The van der Waals surface area contributed by atoms with Crippen LogP contribution in [0, 0.1) is 0 Å². The van der Waals surface area contributed by atoms with Crippen LogP contribution in [0.15, 0.2) is 34.9 Å². The number of nitrogens with one attached hydrogen (secondary N) is 1. The average Bonchev–Trinajstić information content (AvgIpc) is 3.02. The maximum atomic E-state index is 11.7. The van der Waals surface area contributed by atoms with Crippen LogP contribution in [0.25, 0.3) is 11.3 Å². The second kappa shape index (κ2) is 8.70. The van der Waals surface area contributed by atoms with Gasteiger partial charge in [0.25, 0.3) is 0 Å². The minimum atomic E-state index is -0.361. The molecule has 23 heavy (non-hydrogen) atoms. The molecule has 0 spiro atoms. The van der Waals surface area contributed by atoms with Gasteiger partial charge in [0.15, 0.2) is 11.7 Å². The van der Waals surface area contributed by atoms with Crippen LogP contribution in [0.5, 0.6) is 0 Å². The van der Waals surface area contributed by atoms with E-state index in [0.717, 1.165) is 5.56 Å². The highest BCUT2D eigenvalue weighted by molar-refractivity contribution is 6.33. The van der Waals surface area contributed by atoms with Crippen molar-refractivity contribution >= 4 is 17.5 Å². The van der Waals surface area contributed by atoms with E-state index < -0.39 is 0 Å². The Balaban J connectivity index is 1.81. The molecule has 1 atom stereocenters. The molecule has 1 aromatic heterocycles. The number of nitrogens with zero attached hydrogens (tertiary/aromatic N) is 1. The Bertz CT molecular complexity index is 642. The summed E-state index contributed by atoms with van der Waals surface area (Å²) in [5.41, 5.74) is 0.783. The Morgan fingerprint density at radius 1 is 1.43 bits per heavy atom. The zero-order valence-corrected chi connectivity index (χ0v) is 13.8. The molecule has 1 amide bonds. The molecule has 0 aliphatic carbocycles. The van der Waals surface area contributed by atoms with Crippen LogP contribution in [0.3, 0.4) is 0 Å². The Labute approximate surface area is 140 Å². The largest absolute Gasteiger partial charge is 0.441 e. The van der Waals surface area contributed by atoms with Crippen LogP contribution in [0.4, 0.5) is 0 Å². The monoisotopic (exact) mass is 336 g/mol. The molecular weight excluding hydrogens is 316 g/mol. The number of hydrogen-bond acceptors (Lipinski definition) is 4. The minimum absolute atomic E-state index is 0.0780. The van der Waals surface area contributed by atoms with E-state index in [1.165, 1.54) is 0 Å². The number of benzene rings is 1. The van der Waals surface area contributed by atoms with Gasteiger partial charge in [-0.1, -0.05) is 30.7 Å². The maximum Gasteiger partial charge on any atom is 0.220 e. The number of halogens is 1. The molecule has 1 unspecified atom stereocenters. The Hall–Kier alpha value is -1.85. The third-order valence-corrected chi connectivity index (χ3v) is 3.86. The standard InChI is InChI=1S/C17H21ClN2O3/c1-2-12(21)9-10-19-16(22)7-8-17-20-11-15(23-17)13-5-3-4-6-14(13)18/h3-6,11-12,21H,2,7-10H2,1H3,(H,19,22). The number of hydrogen-bond donors (Lipinski definition) is 2. The quantitative estimate of drug-likeness (QED) is 0.776. The lowest BCUT2D eigenvalue weighted by atomic mass is 10.2. The van der Waals surface area contributed by atoms with Crippen molar-refractivity contribution < 1.29 is 14.3 Å². The van der Waals surface area contributed by atoms with E-state index in [4.69, 9.17) is 16.0 Å². The highest BCUT2D eigenvalue weighted by Gasteiger charge is 2.11.